The first-order valence-corrected chi connectivity index (χ1v) is 13.0. The molecule has 1 fully saturated rings. The van der Waals surface area contributed by atoms with Crippen LogP contribution in [0.1, 0.15) is 32.3 Å². The summed E-state index contributed by atoms with van der Waals surface area (Å²) in [5, 5.41) is 20.4. The summed E-state index contributed by atoms with van der Waals surface area (Å²) in [4.78, 5) is 9.37. The molecule has 1 aliphatic heterocycles. The molecule has 0 saturated carbocycles. The summed E-state index contributed by atoms with van der Waals surface area (Å²) in [6.07, 6.45) is 0.936. The van der Waals surface area contributed by atoms with Gasteiger partial charge < -0.3 is 29.1 Å². The Hall–Kier alpha value is -3.96. The predicted octanol–water partition coefficient (Wildman–Crippen LogP) is 5.12. The van der Waals surface area contributed by atoms with Crippen molar-refractivity contribution >= 4 is 11.5 Å². The van der Waals surface area contributed by atoms with Gasteiger partial charge in [0.1, 0.15) is 17.5 Å². The molecule has 8 heteroatoms. The minimum atomic E-state index is -0.331. The van der Waals surface area contributed by atoms with Crippen LogP contribution >= 0.6 is 0 Å². The second-order valence-corrected chi connectivity index (χ2v) is 9.22. The fraction of sp³-hybridized carbons (Fsp3) is 0.400. The molecule has 2 heterocycles. The van der Waals surface area contributed by atoms with Crippen LogP contribution in [0.15, 0.2) is 42.5 Å². The van der Waals surface area contributed by atoms with E-state index in [1.54, 1.807) is 21.3 Å². The second kappa shape index (κ2) is 12.1. The van der Waals surface area contributed by atoms with Crippen LogP contribution in [-0.4, -0.2) is 63.7 Å². The number of aliphatic hydroxyl groups excluding tert-OH is 1. The van der Waals surface area contributed by atoms with Gasteiger partial charge in [-0.2, -0.15) is 5.26 Å². The van der Waals surface area contributed by atoms with E-state index in [1.807, 2.05) is 18.2 Å². The van der Waals surface area contributed by atoms with Crippen LogP contribution in [0.2, 0.25) is 0 Å². The Bertz CT molecular complexity index is 1270. The molecule has 0 aliphatic carbocycles. The summed E-state index contributed by atoms with van der Waals surface area (Å²) >= 11 is 0. The van der Waals surface area contributed by atoms with Gasteiger partial charge in [0.15, 0.2) is 11.5 Å². The van der Waals surface area contributed by atoms with Crippen LogP contribution in [0, 0.1) is 11.3 Å². The SMILES string of the molecule is CCN(CC)c1ccc(-c2cc(-c3cc(OC)c(OC)c(OC)c3)nc(N3CCC(O)CC3)c2C#N)cc1. The average Bonchev–Trinajstić information content (AvgIpc) is 2.97. The van der Waals surface area contributed by atoms with Gasteiger partial charge in [0.25, 0.3) is 0 Å². The van der Waals surface area contributed by atoms with E-state index < -0.39 is 0 Å². The van der Waals surface area contributed by atoms with Gasteiger partial charge in [0, 0.05) is 43.0 Å². The number of aliphatic hydroxyl groups is 1. The molecule has 0 bridgehead atoms. The van der Waals surface area contributed by atoms with Gasteiger partial charge in [-0.15, -0.1) is 0 Å². The molecule has 200 valence electrons. The number of methoxy groups -OCH3 is 3. The number of rotatable bonds is 9. The number of ether oxygens (including phenoxy) is 3. The van der Waals surface area contributed by atoms with E-state index in [4.69, 9.17) is 19.2 Å². The lowest BCUT2D eigenvalue weighted by atomic mass is 9.96. The molecule has 0 radical (unpaired) electrons. The lowest BCUT2D eigenvalue weighted by Crippen LogP contribution is -2.37. The van der Waals surface area contributed by atoms with Gasteiger partial charge in [-0.05, 0) is 62.6 Å². The first kappa shape index (κ1) is 27.1. The Balaban J connectivity index is 1.91. The third kappa shape index (κ3) is 5.34. The molecule has 0 unspecified atom stereocenters. The van der Waals surface area contributed by atoms with Gasteiger partial charge in [0.05, 0.1) is 33.1 Å². The molecular weight excluding hydrogens is 480 g/mol. The van der Waals surface area contributed by atoms with Crippen molar-refractivity contribution in [2.45, 2.75) is 32.8 Å². The predicted molar refractivity (Wildman–Crippen MR) is 150 cm³/mol. The van der Waals surface area contributed by atoms with Crippen molar-refractivity contribution in [2.24, 2.45) is 0 Å². The third-order valence-corrected chi connectivity index (χ3v) is 7.14. The van der Waals surface area contributed by atoms with Gasteiger partial charge in [-0.3, -0.25) is 0 Å². The minimum Gasteiger partial charge on any atom is -0.493 e. The molecule has 0 amide bonds. The number of anilines is 2. The van der Waals surface area contributed by atoms with E-state index in [0.717, 1.165) is 35.5 Å². The first-order valence-electron chi connectivity index (χ1n) is 13.0. The highest BCUT2D eigenvalue weighted by atomic mass is 16.5. The van der Waals surface area contributed by atoms with Gasteiger partial charge in [-0.25, -0.2) is 4.98 Å². The summed E-state index contributed by atoms with van der Waals surface area (Å²) in [6.45, 7) is 7.37. The largest absolute Gasteiger partial charge is 0.493 e. The number of piperidine rings is 1. The maximum absolute atomic E-state index is 10.3. The summed E-state index contributed by atoms with van der Waals surface area (Å²) in [5.74, 6) is 2.18. The number of hydrogen-bond acceptors (Lipinski definition) is 8. The summed E-state index contributed by atoms with van der Waals surface area (Å²) in [5.41, 5.74) is 4.87. The van der Waals surface area contributed by atoms with E-state index in [9.17, 15) is 10.4 Å². The smallest absolute Gasteiger partial charge is 0.203 e. The van der Waals surface area contributed by atoms with E-state index in [1.165, 1.54) is 0 Å². The minimum absolute atomic E-state index is 0.331. The zero-order chi connectivity index (χ0) is 27.2. The fourth-order valence-corrected chi connectivity index (χ4v) is 4.99. The van der Waals surface area contributed by atoms with Crippen LogP contribution in [-0.2, 0) is 0 Å². The van der Waals surface area contributed by atoms with Gasteiger partial charge >= 0.3 is 0 Å². The van der Waals surface area contributed by atoms with Crippen molar-refractivity contribution in [3.8, 4) is 45.7 Å². The van der Waals surface area contributed by atoms with Crippen molar-refractivity contribution in [1.82, 2.24) is 4.98 Å². The highest BCUT2D eigenvalue weighted by Crippen LogP contribution is 2.43. The van der Waals surface area contributed by atoms with E-state index in [-0.39, 0.29) is 6.10 Å². The quantitative estimate of drug-likeness (QED) is 0.419. The molecule has 4 rings (SSSR count). The molecule has 2 aromatic carbocycles. The molecule has 0 atom stereocenters. The highest BCUT2D eigenvalue weighted by Gasteiger charge is 2.25. The number of benzene rings is 2. The molecule has 1 aliphatic rings. The Morgan fingerprint density at radius 3 is 2.05 bits per heavy atom. The van der Waals surface area contributed by atoms with Crippen LogP contribution in [0.3, 0.4) is 0 Å². The maximum Gasteiger partial charge on any atom is 0.203 e. The number of hydrogen-bond donors (Lipinski definition) is 1. The van der Waals surface area contributed by atoms with Crippen LogP contribution in [0.5, 0.6) is 17.2 Å². The van der Waals surface area contributed by atoms with Crippen molar-refractivity contribution in [1.29, 1.82) is 5.26 Å². The topological polar surface area (TPSA) is 91.1 Å². The van der Waals surface area contributed by atoms with E-state index >= 15 is 0 Å². The average molecular weight is 517 g/mol. The Kier molecular flexibility index (Phi) is 8.59. The van der Waals surface area contributed by atoms with Gasteiger partial charge in [0.2, 0.25) is 5.75 Å². The van der Waals surface area contributed by atoms with Crippen molar-refractivity contribution in [3.05, 3.63) is 48.0 Å². The number of pyridine rings is 1. The second-order valence-electron chi connectivity index (χ2n) is 9.22. The highest BCUT2D eigenvalue weighted by molar-refractivity contribution is 5.83. The maximum atomic E-state index is 10.3. The fourth-order valence-electron chi connectivity index (χ4n) is 4.99. The van der Waals surface area contributed by atoms with Crippen molar-refractivity contribution < 1.29 is 19.3 Å². The Labute approximate surface area is 225 Å². The van der Waals surface area contributed by atoms with Crippen molar-refractivity contribution in [3.63, 3.8) is 0 Å². The van der Waals surface area contributed by atoms with E-state index in [0.29, 0.717) is 60.3 Å². The standard InChI is InChI=1S/C30H36N4O4/c1-6-33(7-2)22-10-8-20(9-11-22)24-18-26(21-16-27(36-3)29(38-5)28(17-21)37-4)32-30(25(24)19-31)34-14-12-23(35)13-15-34/h8-11,16-18,23,35H,6-7,12-15H2,1-5H3. The van der Waals surface area contributed by atoms with Crippen LogP contribution < -0.4 is 24.0 Å². The van der Waals surface area contributed by atoms with Crippen LogP contribution in [0.4, 0.5) is 11.5 Å². The summed E-state index contributed by atoms with van der Waals surface area (Å²) in [7, 11) is 4.74. The summed E-state index contributed by atoms with van der Waals surface area (Å²) < 4.78 is 16.7. The molecule has 3 aromatic rings. The molecular formula is C30H36N4O4. The molecule has 38 heavy (non-hydrogen) atoms. The Morgan fingerprint density at radius 1 is 0.947 bits per heavy atom. The number of aromatic nitrogens is 1. The molecule has 0 spiro atoms. The molecule has 1 aromatic heterocycles. The molecule has 1 saturated heterocycles. The normalized spacial score (nSPS) is 13.7. The first-order chi connectivity index (χ1) is 18.5. The molecule has 8 nitrogen and oxygen atoms in total. The monoisotopic (exact) mass is 516 g/mol. The van der Waals surface area contributed by atoms with E-state index in [2.05, 4.69) is 54.0 Å². The third-order valence-electron chi connectivity index (χ3n) is 7.14. The number of nitrogens with zero attached hydrogens (tertiary/aromatic N) is 4. The zero-order valence-electron chi connectivity index (χ0n) is 22.8. The summed E-state index contributed by atoms with van der Waals surface area (Å²) in [6, 6.07) is 16.4. The van der Waals surface area contributed by atoms with Crippen molar-refractivity contribution in [2.75, 3.05) is 57.3 Å². The molecule has 1 N–H and O–H groups in total. The Morgan fingerprint density at radius 2 is 1.55 bits per heavy atom. The van der Waals surface area contributed by atoms with Crippen LogP contribution in [0.25, 0.3) is 22.4 Å². The number of nitriles is 1. The zero-order valence-corrected chi connectivity index (χ0v) is 22.8. The lowest BCUT2D eigenvalue weighted by Gasteiger charge is -2.32. The van der Waals surface area contributed by atoms with Gasteiger partial charge in [-0.1, -0.05) is 12.1 Å². The lowest BCUT2D eigenvalue weighted by molar-refractivity contribution is 0.145.